The van der Waals surface area contributed by atoms with E-state index in [1.165, 1.54) is 46.0 Å². The van der Waals surface area contributed by atoms with E-state index in [-0.39, 0.29) is 12.1 Å². The van der Waals surface area contributed by atoms with E-state index in [0.717, 1.165) is 16.6 Å². The topological polar surface area (TPSA) is 37.3 Å². The van der Waals surface area contributed by atoms with E-state index in [1.54, 1.807) is 0 Å². The van der Waals surface area contributed by atoms with E-state index in [2.05, 4.69) is 58.0 Å². The number of carbonyl (C=O) groups excluding carboxylic acids is 1. The Kier molecular flexibility index (Phi) is 5.23. The molecule has 1 N–H and O–H groups in total. The van der Waals surface area contributed by atoms with Gasteiger partial charge in [-0.15, -0.1) is 11.3 Å². The number of rotatable bonds is 2. The summed E-state index contributed by atoms with van der Waals surface area (Å²) in [5.41, 5.74) is 4.86. The van der Waals surface area contributed by atoms with Crippen LogP contribution in [0.2, 0.25) is 0 Å². The zero-order chi connectivity index (χ0) is 20.8. The van der Waals surface area contributed by atoms with Gasteiger partial charge in [0.2, 0.25) is 0 Å². The molecule has 5 rings (SSSR count). The molecule has 156 valence electrons. The maximum absolute atomic E-state index is 13.5. The summed E-state index contributed by atoms with van der Waals surface area (Å²) in [6, 6.07) is 12.1. The first-order valence-electron chi connectivity index (χ1n) is 10.7. The minimum atomic E-state index is -0.0348. The minimum Gasteiger partial charge on any atom is -0.311 e. The monoisotopic (exact) mass is 483 g/mol. The van der Waals surface area contributed by atoms with Crippen molar-refractivity contribution in [2.24, 2.45) is 5.92 Å². The largest absolute Gasteiger partial charge is 0.322 e. The molecule has 0 unspecified atom stereocenters. The lowest BCUT2D eigenvalue weighted by molar-refractivity contribution is 0.161. The highest BCUT2D eigenvalue weighted by molar-refractivity contribution is 9.10. The molecule has 3 heterocycles. The maximum Gasteiger partial charge on any atom is 0.322 e. The minimum absolute atomic E-state index is 0.0225. The molecule has 4 nitrogen and oxygen atoms in total. The van der Waals surface area contributed by atoms with Gasteiger partial charge in [0.25, 0.3) is 0 Å². The van der Waals surface area contributed by atoms with E-state index in [1.807, 2.05) is 40.5 Å². The van der Waals surface area contributed by atoms with Gasteiger partial charge in [-0.3, -0.25) is 0 Å². The lowest BCUT2D eigenvalue weighted by Gasteiger charge is -2.33. The number of fused-ring (bicyclic) bond motifs is 5. The van der Waals surface area contributed by atoms with Crippen molar-refractivity contribution in [2.45, 2.75) is 52.1 Å². The van der Waals surface area contributed by atoms with Gasteiger partial charge in [-0.2, -0.15) is 0 Å². The van der Waals surface area contributed by atoms with Crippen LogP contribution >= 0.6 is 27.3 Å². The first-order chi connectivity index (χ1) is 14.5. The molecule has 0 bridgehead atoms. The number of nitrogens with one attached hydrogen (secondary N) is 1. The Morgan fingerprint density at radius 1 is 1.13 bits per heavy atom. The third-order valence-corrected chi connectivity index (χ3v) is 8.08. The molecule has 3 aromatic rings. The Balaban J connectivity index is 1.58. The molecule has 2 aliphatic rings. The van der Waals surface area contributed by atoms with E-state index in [4.69, 9.17) is 0 Å². The zero-order valence-corrected chi connectivity index (χ0v) is 19.7. The number of thiophene rings is 1. The molecule has 1 atom stereocenters. The molecule has 2 amide bonds. The van der Waals surface area contributed by atoms with E-state index in [9.17, 15) is 4.79 Å². The number of hydrogen-bond donors (Lipinski definition) is 1. The van der Waals surface area contributed by atoms with Crippen molar-refractivity contribution < 1.29 is 4.79 Å². The van der Waals surface area contributed by atoms with Crippen LogP contribution in [0, 0.1) is 5.92 Å². The summed E-state index contributed by atoms with van der Waals surface area (Å²) in [6.07, 6.45) is 6.98. The summed E-state index contributed by atoms with van der Waals surface area (Å²) < 4.78 is 3.35. The van der Waals surface area contributed by atoms with Gasteiger partial charge in [0.1, 0.15) is 5.00 Å². The summed E-state index contributed by atoms with van der Waals surface area (Å²) >= 11 is 5.40. The number of aryl methyl sites for hydroxylation is 1. The molecule has 1 aliphatic heterocycles. The molecule has 0 radical (unpaired) electrons. The van der Waals surface area contributed by atoms with Gasteiger partial charge >= 0.3 is 6.03 Å². The molecular weight excluding hydrogens is 458 g/mol. The van der Waals surface area contributed by atoms with Gasteiger partial charge < -0.3 is 14.8 Å². The van der Waals surface area contributed by atoms with Crippen molar-refractivity contribution in [1.29, 1.82) is 0 Å². The zero-order valence-electron chi connectivity index (χ0n) is 17.3. The molecular formula is C24H26BrN3OS. The Morgan fingerprint density at radius 2 is 1.90 bits per heavy atom. The van der Waals surface area contributed by atoms with Gasteiger partial charge in [-0.05, 0) is 73.6 Å². The van der Waals surface area contributed by atoms with Crippen molar-refractivity contribution >= 4 is 39.0 Å². The van der Waals surface area contributed by atoms with Gasteiger partial charge in [-0.1, -0.05) is 29.8 Å². The van der Waals surface area contributed by atoms with Crippen LogP contribution in [0.25, 0.3) is 5.00 Å². The molecule has 1 aromatic carbocycles. The second-order valence-corrected chi connectivity index (χ2v) is 10.6. The highest BCUT2D eigenvalue weighted by Gasteiger charge is 2.36. The maximum atomic E-state index is 13.5. The van der Waals surface area contributed by atoms with Crippen LogP contribution in [0.5, 0.6) is 0 Å². The SMILES string of the molecule is CC(C)[C@H]1c2cccn2-c2sc3c(c2CN1C(=O)Nc1ccc(Br)cc1)CCCC3. The highest BCUT2D eigenvalue weighted by atomic mass is 79.9. The van der Waals surface area contributed by atoms with Crippen molar-refractivity contribution in [3.05, 3.63) is 68.8 Å². The molecule has 1 aliphatic carbocycles. The second-order valence-electron chi connectivity index (χ2n) is 8.55. The number of aromatic nitrogens is 1. The van der Waals surface area contributed by atoms with Gasteiger partial charge in [-0.25, -0.2) is 4.79 Å². The summed E-state index contributed by atoms with van der Waals surface area (Å²) in [5, 5.41) is 4.45. The Labute approximate surface area is 190 Å². The second kappa shape index (κ2) is 7.89. The van der Waals surface area contributed by atoms with Crippen LogP contribution in [0.15, 0.2) is 47.1 Å². The third-order valence-electron chi connectivity index (χ3n) is 6.21. The van der Waals surface area contributed by atoms with Crippen LogP contribution in [0.1, 0.15) is 54.4 Å². The molecule has 0 saturated heterocycles. The number of amides is 2. The molecule has 2 aromatic heterocycles. The van der Waals surface area contributed by atoms with E-state index in [0.29, 0.717) is 12.5 Å². The predicted molar refractivity (Wildman–Crippen MR) is 127 cm³/mol. The third kappa shape index (κ3) is 3.40. The van der Waals surface area contributed by atoms with Gasteiger partial charge in [0, 0.05) is 32.5 Å². The quantitative estimate of drug-likeness (QED) is 0.421. The Hall–Kier alpha value is -2.05. The van der Waals surface area contributed by atoms with E-state index >= 15 is 0 Å². The van der Waals surface area contributed by atoms with Gasteiger partial charge in [0.15, 0.2) is 0 Å². The lowest BCUT2D eigenvalue weighted by atomic mass is 9.94. The molecule has 30 heavy (non-hydrogen) atoms. The fourth-order valence-electron chi connectivity index (χ4n) is 4.85. The average Bonchev–Trinajstić information content (AvgIpc) is 3.31. The lowest BCUT2D eigenvalue weighted by Crippen LogP contribution is -2.39. The molecule has 0 fully saturated rings. The number of nitrogens with zero attached hydrogens (tertiary/aromatic N) is 2. The summed E-state index contributed by atoms with van der Waals surface area (Å²) in [6.45, 7) is 5.07. The van der Waals surface area contributed by atoms with Crippen molar-refractivity contribution in [2.75, 3.05) is 5.32 Å². The van der Waals surface area contributed by atoms with Crippen LogP contribution in [0.3, 0.4) is 0 Å². The smallest absolute Gasteiger partial charge is 0.311 e. The molecule has 0 saturated carbocycles. The number of carbonyl (C=O) groups is 1. The standard InChI is InChI=1S/C24H26BrN3OS/c1-15(2)22-20-7-5-13-27(20)23-19(18-6-3-4-8-21(18)30-23)14-28(22)24(29)26-17-11-9-16(25)10-12-17/h5,7,9-13,15,22H,3-4,6,8,14H2,1-2H3,(H,26,29)/t22-/m0/s1. The van der Waals surface area contributed by atoms with Crippen molar-refractivity contribution in [3.63, 3.8) is 0 Å². The number of benzene rings is 1. The summed E-state index contributed by atoms with van der Waals surface area (Å²) in [7, 11) is 0. The van der Waals surface area contributed by atoms with Gasteiger partial charge in [0.05, 0.1) is 12.6 Å². The normalized spacial score (nSPS) is 17.9. The fourth-order valence-corrected chi connectivity index (χ4v) is 6.52. The number of hydrogen-bond acceptors (Lipinski definition) is 2. The predicted octanol–water partition coefficient (Wildman–Crippen LogP) is 6.92. The number of halogens is 1. The van der Waals surface area contributed by atoms with E-state index < -0.39 is 0 Å². The van der Waals surface area contributed by atoms with Crippen molar-refractivity contribution in [1.82, 2.24) is 9.47 Å². The Morgan fingerprint density at radius 3 is 2.67 bits per heavy atom. The Bertz CT molecular complexity index is 1080. The number of anilines is 1. The van der Waals surface area contributed by atoms with Crippen LogP contribution in [0.4, 0.5) is 10.5 Å². The summed E-state index contributed by atoms with van der Waals surface area (Å²) in [4.78, 5) is 17.1. The first kappa shape index (κ1) is 19.9. The molecule has 0 spiro atoms. The molecule has 6 heteroatoms. The average molecular weight is 484 g/mol. The van der Waals surface area contributed by atoms with Crippen LogP contribution in [-0.2, 0) is 19.4 Å². The number of urea groups is 1. The fraction of sp³-hybridized carbons (Fsp3) is 0.375. The van der Waals surface area contributed by atoms with Crippen molar-refractivity contribution in [3.8, 4) is 5.00 Å². The highest BCUT2D eigenvalue weighted by Crippen LogP contribution is 2.44. The van der Waals surface area contributed by atoms with Crippen LogP contribution < -0.4 is 5.32 Å². The first-order valence-corrected chi connectivity index (χ1v) is 12.3. The summed E-state index contributed by atoms with van der Waals surface area (Å²) in [5.74, 6) is 0.305. The van der Waals surface area contributed by atoms with Crippen LogP contribution in [-0.4, -0.2) is 15.5 Å².